The summed E-state index contributed by atoms with van der Waals surface area (Å²) in [5.41, 5.74) is 0.177. The van der Waals surface area contributed by atoms with E-state index in [-0.39, 0.29) is 47.2 Å². The standard InChI is InChI=1S/C26H31FN4O7S/c1-28-39(34,35)30-22-8-4-6-16(24(22)27)12-20-21(15-29-14-18-7-5-11-36-18)19-10-9-17(37-26(33)31(2)3)13-23(19)38-25(20)32/h4,6,8-10,13,18,28-30H,5,7,11-12,14-15H2,1-3H3. The molecule has 13 heteroatoms. The van der Waals surface area contributed by atoms with Crippen molar-refractivity contribution in [1.29, 1.82) is 0 Å². The Hall–Kier alpha value is -3.52. The fourth-order valence-electron chi connectivity index (χ4n) is 4.26. The zero-order chi connectivity index (χ0) is 28.2. The minimum absolute atomic E-state index is 0.0613. The molecule has 11 nitrogen and oxygen atoms in total. The Morgan fingerprint density at radius 1 is 1.21 bits per heavy atom. The molecule has 3 aromatic rings. The Bertz CT molecular complexity index is 1520. The molecule has 1 unspecified atom stereocenters. The third-order valence-electron chi connectivity index (χ3n) is 6.32. The average molecular weight is 563 g/mol. The lowest BCUT2D eigenvalue weighted by Gasteiger charge is -2.16. The van der Waals surface area contributed by atoms with Gasteiger partial charge in [-0.2, -0.15) is 8.42 Å². The molecule has 210 valence electrons. The zero-order valence-corrected chi connectivity index (χ0v) is 22.7. The fourth-order valence-corrected chi connectivity index (χ4v) is 4.81. The number of rotatable bonds is 10. The van der Waals surface area contributed by atoms with Gasteiger partial charge in [0.2, 0.25) is 0 Å². The number of anilines is 1. The summed E-state index contributed by atoms with van der Waals surface area (Å²) in [6.07, 6.45) is 1.24. The Labute approximate surface area is 225 Å². The molecule has 3 N–H and O–H groups in total. The van der Waals surface area contributed by atoms with Crippen molar-refractivity contribution in [2.75, 3.05) is 39.0 Å². The monoisotopic (exact) mass is 562 g/mol. The summed E-state index contributed by atoms with van der Waals surface area (Å²) < 4.78 is 59.9. The highest BCUT2D eigenvalue weighted by Gasteiger charge is 2.21. The van der Waals surface area contributed by atoms with Gasteiger partial charge >= 0.3 is 11.7 Å². The molecule has 0 radical (unpaired) electrons. The van der Waals surface area contributed by atoms with Crippen LogP contribution in [-0.2, 0) is 27.9 Å². The van der Waals surface area contributed by atoms with E-state index in [1.165, 1.54) is 36.2 Å². The number of ether oxygens (including phenoxy) is 2. The van der Waals surface area contributed by atoms with Gasteiger partial charge < -0.3 is 24.1 Å². The summed E-state index contributed by atoms with van der Waals surface area (Å²) in [6.45, 7) is 1.54. The summed E-state index contributed by atoms with van der Waals surface area (Å²) >= 11 is 0. The summed E-state index contributed by atoms with van der Waals surface area (Å²) in [5, 5.41) is 3.91. The quantitative estimate of drug-likeness (QED) is 0.321. The van der Waals surface area contributed by atoms with Crippen molar-refractivity contribution in [3.8, 4) is 5.75 Å². The van der Waals surface area contributed by atoms with E-state index < -0.39 is 27.7 Å². The van der Waals surface area contributed by atoms with Crippen LogP contribution in [0.1, 0.15) is 29.5 Å². The first kappa shape index (κ1) is 28.5. The number of carbonyl (C=O) groups excluding carboxylic acids is 1. The largest absolute Gasteiger partial charge is 0.422 e. The minimum atomic E-state index is -3.95. The molecule has 1 atom stereocenters. The molecule has 0 spiro atoms. The number of nitrogens with zero attached hydrogens (tertiary/aromatic N) is 1. The molecule has 0 aliphatic carbocycles. The molecular weight excluding hydrogens is 531 g/mol. The van der Waals surface area contributed by atoms with Crippen molar-refractivity contribution in [2.24, 2.45) is 0 Å². The number of hydrogen-bond acceptors (Lipinski definition) is 8. The molecule has 0 bridgehead atoms. The molecule has 2 heterocycles. The lowest BCUT2D eigenvalue weighted by atomic mass is 9.97. The number of amides is 1. The first-order valence-corrected chi connectivity index (χ1v) is 13.8. The second-order valence-corrected chi connectivity index (χ2v) is 10.9. The van der Waals surface area contributed by atoms with Crippen LogP contribution < -0.4 is 25.1 Å². The van der Waals surface area contributed by atoms with Gasteiger partial charge in [0.05, 0.1) is 11.8 Å². The van der Waals surface area contributed by atoms with E-state index in [1.54, 1.807) is 26.2 Å². The van der Waals surface area contributed by atoms with Gasteiger partial charge in [-0.05, 0) is 42.2 Å². The van der Waals surface area contributed by atoms with Crippen molar-refractivity contribution in [2.45, 2.75) is 31.9 Å². The van der Waals surface area contributed by atoms with Crippen LogP contribution in [0.3, 0.4) is 0 Å². The molecule has 4 rings (SSSR count). The maximum absolute atomic E-state index is 15.3. The van der Waals surface area contributed by atoms with Crippen LogP contribution in [0.5, 0.6) is 5.75 Å². The molecular formula is C26H31FN4O7S. The van der Waals surface area contributed by atoms with Gasteiger partial charge in [0.25, 0.3) is 10.2 Å². The van der Waals surface area contributed by atoms with E-state index in [1.807, 2.05) is 0 Å². The number of carbonyl (C=O) groups is 1. The molecule has 1 amide bonds. The van der Waals surface area contributed by atoms with Crippen molar-refractivity contribution in [3.05, 3.63) is 69.3 Å². The van der Waals surface area contributed by atoms with Crippen LogP contribution >= 0.6 is 0 Å². The average Bonchev–Trinajstić information content (AvgIpc) is 3.41. The lowest BCUT2D eigenvalue weighted by molar-refractivity contribution is 0.110. The SMILES string of the molecule is CNS(=O)(=O)Nc1cccc(Cc2c(CNCC3CCCO3)c3ccc(OC(=O)N(C)C)cc3oc2=O)c1F. The highest BCUT2D eigenvalue weighted by molar-refractivity contribution is 7.90. The van der Waals surface area contributed by atoms with E-state index in [4.69, 9.17) is 13.9 Å². The molecule has 1 aliphatic rings. The maximum Gasteiger partial charge on any atom is 0.414 e. The molecule has 0 saturated carbocycles. The summed E-state index contributed by atoms with van der Waals surface area (Å²) in [6, 6.07) is 8.98. The fraction of sp³-hybridized carbons (Fsp3) is 0.385. The second kappa shape index (κ2) is 12.1. The number of hydrogen-bond donors (Lipinski definition) is 3. The second-order valence-electron chi connectivity index (χ2n) is 9.30. The number of fused-ring (bicyclic) bond motifs is 1. The van der Waals surface area contributed by atoms with Gasteiger partial charge in [-0.3, -0.25) is 4.72 Å². The Balaban J connectivity index is 1.72. The van der Waals surface area contributed by atoms with Crippen molar-refractivity contribution in [3.63, 3.8) is 0 Å². The topological polar surface area (TPSA) is 139 Å². The van der Waals surface area contributed by atoms with E-state index in [2.05, 4.69) is 14.8 Å². The van der Waals surface area contributed by atoms with Gasteiger partial charge in [0.1, 0.15) is 11.3 Å². The van der Waals surface area contributed by atoms with Crippen molar-refractivity contribution < 1.29 is 31.5 Å². The van der Waals surface area contributed by atoms with Gasteiger partial charge in [0.15, 0.2) is 5.82 Å². The Morgan fingerprint density at radius 3 is 2.69 bits per heavy atom. The third-order valence-corrected chi connectivity index (χ3v) is 7.34. The van der Waals surface area contributed by atoms with Crippen LogP contribution in [0.4, 0.5) is 14.9 Å². The summed E-state index contributed by atoms with van der Waals surface area (Å²) in [7, 11) is 0.346. The van der Waals surface area contributed by atoms with E-state index in [0.29, 0.717) is 24.1 Å². The molecule has 1 saturated heterocycles. The predicted octanol–water partition coefficient (Wildman–Crippen LogP) is 2.73. The van der Waals surface area contributed by atoms with Crippen molar-refractivity contribution >= 4 is 33.0 Å². The Kier molecular flexibility index (Phi) is 8.85. The van der Waals surface area contributed by atoms with E-state index in [0.717, 1.165) is 12.8 Å². The van der Waals surface area contributed by atoms with Gasteiger partial charge in [-0.1, -0.05) is 12.1 Å². The normalized spacial score (nSPS) is 15.4. The summed E-state index contributed by atoms with van der Waals surface area (Å²) in [4.78, 5) is 26.5. The molecule has 2 aromatic carbocycles. The summed E-state index contributed by atoms with van der Waals surface area (Å²) in [5.74, 6) is -0.606. The molecule has 39 heavy (non-hydrogen) atoms. The smallest absolute Gasteiger partial charge is 0.414 e. The third kappa shape index (κ3) is 6.92. The van der Waals surface area contributed by atoms with Crippen molar-refractivity contribution in [1.82, 2.24) is 14.9 Å². The highest BCUT2D eigenvalue weighted by Crippen LogP contribution is 2.28. The first-order chi connectivity index (χ1) is 18.6. The van der Waals surface area contributed by atoms with Gasteiger partial charge in [0, 0.05) is 64.3 Å². The molecule has 1 aliphatic heterocycles. The van der Waals surface area contributed by atoms with Crippen LogP contribution in [0.15, 0.2) is 45.6 Å². The van der Waals surface area contributed by atoms with Gasteiger partial charge in [-0.25, -0.2) is 18.7 Å². The highest BCUT2D eigenvalue weighted by atomic mass is 32.2. The molecule has 1 aromatic heterocycles. The van der Waals surface area contributed by atoms with E-state index in [9.17, 15) is 18.0 Å². The first-order valence-electron chi connectivity index (χ1n) is 12.4. The lowest BCUT2D eigenvalue weighted by Crippen LogP contribution is -2.28. The predicted molar refractivity (Wildman–Crippen MR) is 144 cm³/mol. The number of benzene rings is 2. The van der Waals surface area contributed by atoms with Crippen LogP contribution in [0.2, 0.25) is 0 Å². The maximum atomic E-state index is 15.3. The number of nitrogens with one attached hydrogen (secondary N) is 3. The zero-order valence-electron chi connectivity index (χ0n) is 21.9. The van der Waals surface area contributed by atoms with Gasteiger partial charge in [-0.15, -0.1) is 0 Å². The molecule has 1 fully saturated rings. The van der Waals surface area contributed by atoms with E-state index >= 15 is 4.39 Å². The van der Waals surface area contributed by atoms with Crippen LogP contribution in [-0.4, -0.2) is 59.8 Å². The van der Waals surface area contributed by atoms with Crippen LogP contribution in [0.25, 0.3) is 11.0 Å². The Morgan fingerprint density at radius 2 is 2.00 bits per heavy atom. The van der Waals surface area contributed by atoms with Crippen LogP contribution in [0, 0.1) is 5.82 Å². The number of halogens is 1. The minimum Gasteiger partial charge on any atom is -0.422 e.